The molecule has 4 atom stereocenters. The number of alkyl halides is 1. The summed E-state index contributed by atoms with van der Waals surface area (Å²) in [7, 11) is 4.02. The summed E-state index contributed by atoms with van der Waals surface area (Å²) in [6.45, 7) is 1.13. The van der Waals surface area contributed by atoms with Gasteiger partial charge in [-0.2, -0.15) is 5.10 Å². The zero-order valence-corrected chi connectivity index (χ0v) is 17.5. The zero-order valence-electron chi connectivity index (χ0n) is 15.4. The Labute approximate surface area is 167 Å². The van der Waals surface area contributed by atoms with Crippen molar-refractivity contribution in [2.45, 2.75) is 36.8 Å². The van der Waals surface area contributed by atoms with E-state index in [1.165, 1.54) is 22.4 Å². The first-order valence-electron chi connectivity index (χ1n) is 9.21. The number of methoxy groups -OCH3 is 1. The number of aromatic nitrogens is 2. The molecule has 6 heteroatoms. The van der Waals surface area contributed by atoms with Crippen LogP contribution in [-0.4, -0.2) is 46.8 Å². The molecular weight excluding hydrogens is 441 g/mol. The molecule has 2 aliphatic heterocycles. The van der Waals surface area contributed by atoms with E-state index < -0.39 is 0 Å². The van der Waals surface area contributed by atoms with Gasteiger partial charge >= 0.3 is 0 Å². The van der Waals surface area contributed by atoms with E-state index in [1.54, 1.807) is 7.11 Å². The van der Waals surface area contributed by atoms with Crippen LogP contribution in [-0.2, 0) is 18.3 Å². The molecule has 1 fully saturated rings. The molecule has 1 saturated heterocycles. The number of ether oxygens (including phenoxy) is 2. The van der Waals surface area contributed by atoms with Crippen LogP contribution in [0.5, 0.6) is 11.5 Å². The molecule has 26 heavy (non-hydrogen) atoms. The van der Waals surface area contributed by atoms with Gasteiger partial charge in [-0.25, -0.2) is 0 Å². The predicted octanol–water partition coefficient (Wildman–Crippen LogP) is 3.27. The van der Waals surface area contributed by atoms with Gasteiger partial charge in [0.2, 0.25) is 0 Å². The predicted molar refractivity (Wildman–Crippen MR) is 109 cm³/mol. The number of hydrogen-bond acceptors (Lipinski definition) is 4. The van der Waals surface area contributed by atoms with E-state index in [0.29, 0.717) is 12.0 Å². The summed E-state index contributed by atoms with van der Waals surface area (Å²) >= 11 is 2.15. The second-order valence-corrected chi connectivity index (χ2v) is 7.79. The van der Waals surface area contributed by atoms with Crippen LogP contribution in [0, 0.1) is 5.92 Å². The Balaban J connectivity index is 0.000000727. The van der Waals surface area contributed by atoms with E-state index in [2.05, 4.69) is 56.9 Å². The third kappa shape index (κ3) is 1.87. The molecule has 4 aliphatic rings. The summed E-state index contributed by atoms with van der Waals surface area (Å²) in [5.41, 5.74) is 5.47. The second kappa shape index (κ2) is 5.86. The van der Waals surface area contributed by atoms with Gasteiger partial charge in [-0.05, 0) is 60.9 Å². The molecule has 2 aromatic rings. The molecule has 2 aliphatic carbocycles. The van der Waals surface area contributed by atoms with Crippen molar-refractivity contribution in [3.8, 4) is 11.5 Å². The van der Waals surface area contributed by atoms with Crippen LogP contribution in [0.1, 0.15) is 34.9 Å². The summed E-state index contributed by atoms with van der Waals surface area (Å²) in [4.78, 5) is 4.53. The van der Waals surface area contributed by atoms with Crippen molar-refractivity contribution >= 4 is 22.6 Å². The van der Waals surface area contributed by atoms with Crippen molar-refractivity contribution in [2.75, 3.05) is 25.6 Å². The Hall–Kier alpha value is -1.28. The molecule has 1 unspecified atom stereocenters. The SMILES string of the molecule is CI.COc1ccc2c3c1OC1c4[nH]ncc4C[C@H]4[C@H](C2)N(C)CC[C@]314. The first-order chi connectivity index (χ1) is 12.7. The van der Waals surface area contributed by atoms with Crippen LogP contribution in [0.2, 0.25) is 0 Å². The summed E-state index contributed by atoms with van der Waals surface area (Å²) in [5, 5.41) is 7.58. The monoisotopic (exact) mass is 465 g/mol. The minimum atomic E-state index is 0.0512. The fourth-order valence-corrected chi connectivity index (χ4v) is 6.02. The van der Waals surface area contributed by atoms with E-state index in [-0.39, 0.29) is 11.5 Å². The Morgan fingerprint density at radius 3 is 2.96 bits per heavy atom. The number of piperidine rings is 1. The average Bonchev–Trinajstić information content (AvgIpc) is 3.27. The molecule has 1 N–H and O–H groups in total. The quantitative estimate of drug-likeness (QED) is 0.519. The van der Waals surface area contributed by atoms with Crippen molar-refractivity contribution in [3.05, 3.63) is 40.7 Å². The number of hydrogen-bond donors (Lipinski definition) is 1. The van der Waals surface area contributed by atoms with Crippen molar-refractivity contribution in [2.24, 2.45) is 5.92 Å². The lowest BCUT2D eigenvalue weighted by Crippen LogP contribution is -2.62. The zero-order chi connectivity index (χ0) is 18.1. The van der Waals surface area contributed by atoms with Gasteiger partial charge in [0.25, 0.3) is 0 Å². The topological polar surface area (TPSA) is 50.4 Å². The first kappa shape index (κ1) is 16.9. The summed E-state index contributed by atoms with van der Waals surface area (Å²) < 4.78 is 12.2. The molecule has 0 saturated carbocycles. The number of likely N-dealkylation sites (tertiary alicyclic amines) is 1. The molecule has 0 amide bonds. The highest BCUT2D eigenvalue weighted by atomic mass is 127. The molecule has 1 aromatic heterocycles. The van der Waals surface area contributed by atoms with Crippen molar-refractivity contribution in [1.29, 1.82) is 0 Å². The van der Waals surface area contributed by atoms with Crippen LogP contribution in [0.15, 0.2) is 18.3 Å². The number of H-pyrrole nitrogens is 1. The number of nitrogens with zero attached hydrogens (tertiary/aromatic N) is 2. The number of likely N-dealkylation sites (N-methyl/N-ethyl adjacent to an activating group) is 1. The maximum atomic E-state index is 6.61. The fourth-order valence-electron chi connectivity index (χ4n) is 6.02. The average molecular weight is 465 g/mol. The molecule has 2 bridgehead atoms. The summed E-state index contributed by atoms with van der Waals surface area (Å²) in [5.74, 6) is 2.44. The molecule has 1 spiro atoms. The van der Waals surface area contributed by atoms with Crippen LogP contribution in [0.25, 0.3) is 0 Å². The maximum absolute atomic E-state index is 6.61. The Kier molecular flexibility index (Phi) is 3.80. The summed E-state index contributed by atoms with van der Waals surface area (Å²) in [6, 6.07) is 4.92. The normalized spacial score (nSPS) is 32.7. The molecule has 5 nitrogen and oxygen atoms in total. The Bertz CT molecular complexity index is 867. The van der Waals surface area contributed by atoms with E-state index in [4.69, 9.17) is 9.47 Å². The van der Waals surface area contributed by atoms with Crippen molar-refractivity contribution < 1.29 is 9.47 Å². The van der Waals surface area contributed by atoms with E-state index >= 15 is 0 Å². The second-order valence-electron chi connectivity index (χ2n) is 7.79. The number of benzene rings is 1. The van der Waals surface area contributed by atoms with Gasteiger partial charge in [0.1, 0.15) is 0 Å². The summed E-state index contributed by atoms with van der Waals surface area (Å²) in [6.07, 6.45) is 5.39. The minimum absolute atomic E-state index is 0.0512. The van der Waals surface area contributed by atoms with Crippen LogP contribution in [0.4, 0.5) is 0 Å². The maximum Gasteiger partial charge on any atom is 0.166 e. The van der Waals surface area contributed by atoms with Crippen LogP contribution in [0.3, 0.4) is 0 Å². The van der Waals surface area contributed by atoms with Gasteiger partial charge in [-0.3, -0.25) is 5.10 Å². The lowest BCUT2D eigenvalue weighted by atomic mass is 9.52. The number of fused-ring (bicyclic) bond motifs is 2. The van der Waals surface area contributed by atoms with Crippen LogP contribution >= 0.6 is 22.6 Å². The van der Waals surface area contributed by atoms with Crippen LogP contribution < -0.4 is 9.47 Å². The minimum Gasteiger partial charge on any atom is -0.493 e. The highest BCUT2D eigenvalue weighted by Gasteiger charge is 2.65. The smallest absolute Gasteiger partial charge is 0.166 e. The van der Waals surface area contributed by atoms with Gasteiger partial charge in [-0.15, -0.1) is 0 Å². The number of nitrogens with one attached hydrogen (secondary N) is 1. The molecule has 3 heterocycles. The number of aromatic amines is 1. The van der Waals surface area contributed by atoms with Gasteiger partial charge in [0, 0.05) is 17.0 Å². The van der Waals surface area contributed by atoms with Gasteiger partial charge < -0.3 is 14.4 Å². The highest BCUT2D eigenvalue weighted by Crippen LogP contribution is 2.66. The van der Waals surface area contributed by atoms with Gasteiger partial charge in [0.05, 0.1) is 19.0 Å². The lowest BCUT2D eigenvalue weighted by Gasteiger charge is -2.57. The van der Waals surface area contributed by atoms with Gasteiger partial charge in [0.15, 0.2) is 17.6 Å². The van der Waals surface area contributed by atoms with Crippen molar-refractivity contribution in [3.63, 3.8) is 0 Å². The molecule has 6 rings (SSSR count). The Morgan fingerprint density at radius 2 is 2.15 bits per heavy atom. The number of halogens is 1. The van der Waals surface area contributed by atoms with Crippen molar-refractivity contribution in [1.82, 2.24) is 15.1 Å². The lowest BCUT2D eigenvalue weighted by molar-refractivity contribution is -0.0256. The van der Waals surface area contributed by atoms with E-state index in [1.807, 2.05) is 11.1 Å². The molecule has 1 aromatic carbocycles. The van der Waals surface area contributed by atoms with Gasteiger partial charge in [-0.1, -0.05) is 28.7 Å². The van der Waals surface area contributed by atoms with E-state index in [0.717, 1.165) is 37.3 Å². The fraction of sp³-hybridized carbons (Fsp3) is 0.550. The molecule has 138 valence electrons. The third-order valence-electron chi connectivity index (χ3n) is 7.05. The van der Waals surface area contributed by atoms with E-state index in [9.17, 15) is 0 Å². The largest absolute Gasteiger partial charge is 0.493 e. The highest BCUT2D eigenvalue weighted by molar-refractivity contribution is 14.1. The third-order valence-corrected chi connectivity index (χ3v) is 7.05. The Morgan fingerprint density at radius 1 is 1.31 bits per heavy atom. The standard InChI is InChI=1S/C19H21N3O2.CH3I/c1-22-6-5-19-12-7-11-9-20-21-16(11)18(19)24-17-14(23-2)4-3-10(15(17)19)8-13(12)22;1-2/h3-4,9,12-13,18H,5-8H2,1-2H3,(H,20,21);1H3/t12-,13-,18?,19-;/m0./s1. The molecule has 0 radical (unpaired) electrons. The molecular formula is C20H24IN3O2. The first-order valence-corrected chi connectivity index (χ1v) is 11.4. The number of rotatable bonds is 1.